The van der Waals surface area contributed by atoms with Gasteiger partial charge in [-0.3, -0.25) is 9.59 Å². The first-order chi connectivity index (χ1) is 12.9. The topological polar surface area (TPSA) is 102 Å². The number of hydrogen-bond donors (Lipinski definition) is 2. The Morgan fingerprint density at radius 2 is 2.04 bits per heavy atom. The molecule has 3 N–H and O–H groups in total. The molecule has 0 bridgehead atoms. The van der Waals surface area contributed by atoms with Crippen molar-refractivity contribution < 1.29 is 19.1 Å². The molecule has 2 amide bonds. The van der Waals surface area contributed by atoms with Gasteiger partial charge in [0, 0.05) is 12.5 Å². The van der Waals surface area contributed by atoms with E-state index < -0.39 is 18.5 Å². The first-order valence-electron chi connectivity index (χ1n) is 8.30. The molecular weight excluding hydrogens is 370 g/mol. The molecule has 8 heteroatoms. The summed E-state index contributed by atoms with van der Waals surface area (Å²) in [7, 11) is 0. The van der Waals surface area contributed by atoms with Crippen molar-refractivity contribution in [1.29, 1.82) is 0 Å². The molecular formula is C19H18ClN3O4. The third kappa shape index (κ3) is 4.03. The predicted molar refractivity (Wildman–Crippen MR) is 103 cm³/mol. The van der Waals surface area contributed by atoms with Crippen LogP contribution in [-0.2, 0) is 14.3 Å². The number of amides is 2. The Bertz CT molecular complexity index is 916. The lowest BCUT2D eigenvalue weighted by atomic mass is 10.1. The number of benzene rings is 2. The summed E-state index contributed by atoms with van der Waals surface area (Å²) in [5, 5.41) is 3.10. The molecule has 0 spiro atoms. The lowest BCUT2D eigenvalue weighted by Gasteiger charge is -2.27. The number of para-hydroxylation sites is 2. The number of fused-ring (bicyclic) bond motifs is 1. The Hall–Kier alpha value is -3.06. The molecule has 0 unspecified atom stereocenters. The van der Waals surface area contributed by atoms with Crippen LogP contribution in [0.3, 0.4) is 0 Å². The number of hydrogen-bond acceptors (Lipinski definition) is 5. The van der Waals surface area contributed by atoms with E-state index in [0.29, 0.717) is 16.4 Å². The molecule has 0 fully saturated rings. The molecule has 0 saturated heterocycles. The zero-order valence-electron chi connectivity index (χ0n) is 14.6. The third-order valence-electron chi connectivity index (χ3n) is 4.19. The number of ether oxygens (including phenoxy) is 1. The number of anilines is 3. The third-order valence-corrected chi connectivity index (χ3v) is 4.53. The number of carbonyl (C=O) groups excluding carboxylic acids is 3. The number of nitrogens with two attached hydrogens (primary N) is 1. The largest absolute Gasteiger partial charge is 0.452 e. The maximum Gasteiger partial charge on any atom is 0.338 e. The summed E-state index contributed by atoms with van der Waals surface area (Å²) in [5.74, 6) is -1.29. The van der Waals surface area contributed by atoms with E-state index >= 15 is 0 Å². The van der Waals surface area contributed by atoms with Gasteiger partial charge in [0.1, 0.15) is 0 Å². The molecule has 7 nitrogen and oxygen atoms in total. The molecule has 1 heterocycles. The Morgan fingerprint density at radius 1 is 1.30 bits per heavy atom. The van der Waals surface area contributed by atoms with Crippen molar-refractivity contribution in [1.82, 2.24) is 0 Å². The lowest BCUT2D eigenvalue weighted by Crippen LogP contribution is -2.41. The molecule has 0 radical (unpaired) electrons. The number of nitrogens with one attached hydrogen (secondary N) is 1. The molecule has 1 aliphatic rings. The number of nitrogens with zero attached hydrogens (tertiary/aromatic N) is 1. The fourth-order valence-corrected chi connectivity index (χ4v) is 3.04. The van der Waals surface area contributed by atoms with Crippen LogP contribution in [-0.4, -0.2) is 30.4 Å². The summed E-state index contributed by atoms with van der Waals surface area (Å²) >= 11 is 5.83. The quantitative estimate of drug-likeness (QED) is 0.622. The molecule has 27 heavy (non-hydrogen) atoms. The number of esters is 1. The standard InChI is InChI=1S/C19H18ClN3O4/c1-11-8-17(24)22-15-4-2-3-5-16(15)23(11)18(25)10-27-19(26)12-6-7-13(20)14(21)9-12/h2-7,9,11H,8,10,21H2,1H3,(H,22,24)/t11-/m0/s1. The van der Waals surface area contributed by atoms with E-state index in [-0.39, 0.29) is 29.6 Å². The Balaban J connectivity index is 1.76. The maximum atomic E-state index is 12.8. The van der Waals surface area contributed by atoms with Crippen molar-refractivity contribution in [3.63, 3.8) is 0 Å². The molecule has 0 aliphatic carbocycles. The Morgan fingerprint density at radius 3 is 2.78 bits per heavy atom. The van der Waals surface area contributed by atoms with E-state index in [0.717, 1.165) is 0 Å². The van der Waals surface area contributed by atoms with Crippen LogP contribution in [0.1, 0.15) is 23.7 Å². The summed E-state index contributed by atoms with van der Waals surface area (Å²) in [4.78, 5) is 38.4. The highest BCUT2D eigenvalue weighted by atomic mass is 35.5. The summed E-state index contributed by atoms with van der Waals surface area (Å²) in [6.45, 7) is 1.30. The van der Waals surface area contributed by atoms with Crippen LogP contribution >= 0.6 is 11.6 Å². The SMILES string of the molecule is C[C@H]1CC(=O)Nc2ccccc2N1C(=O)COC(=O)c1ccc(Cl)c(N)c1. The number of rotatable bonds is 3. The van der Waals surface area contributed by atoms with Gasteiger partial charge in [-0.15, -0.1) is 0 Å². The fraction of sp³-hybridized carbons (Fsp3) is 0.211. The Kier molecular flexibility index (Phi) is 5.32. The number of carbonyl (C=O) groups is 3. The number of nitrogen functional groups attached to an aromatic ring is 1. The molecule has 0 aromatic heterocycles. The van der Waals surface area contributed by atoms with Crippen LogP contribution in [0.25, 0.3) is 0 Å². The van der Waals surface area contributed by atoms with Gasteiger partial charge in [-0.05, 0) is 37.3 Å². The van der Waals surface area contributed by atoms with Gasteiger partial charge in [-0.2, -0.15) is 0 Å². The normalized spacial score (nSPS) is 16.1. The minimum atomic E-state index is -0.684. The second-order valence-electron chi connectivity index (χ2n) is 6.19. The fourth-order valence-electron chi connectivity index (χ4n) is 2.92. The first kappa shape index (κ1) is 18.7. The van der Waals surface area contributed by atoms with Crippen molar-refractivity contribution in [2.24, 2.45) is 0 Å². The Labute approximate surface area is 161 Å². The van der Waals surface area contributed by atoms with Gasteiger partial charge < -0.3 is 20.7 Å². The second-order valence-corrected chi connectivity index (χ2v) is 6.60. The van der Waals surface area contributed by atoms with Gasteiger partial charge in [-0.25, -0.2) is 4.79 Å². The van der Waals surface area contributed by atoms with Crippen LogP contribution in [0.4, 0.5) is 17.1 Å². The average Bonchev–Trinajstić information content (AvgIpc) is 2.76. The summed E-state index contributed by atoms with van der Waals surface area (Å²) < 4.78 is 5.13. The zero-order valence-corrected chi connectivity index (χ0v) is 15.3. The van der Waals surface area contributed by atoms with Gasteiger partial charge in [0.25, 0.3) is 5.91 Å². The minimum Gasteiger partial charge on any atom is -0.452 e. The lowest BCUT2D eigenvalue weighted by molar-refractivity contribution is -0.122. The molecule has 3 rings (SSSR count). The van der Waals surface area contributed by atoms with Crippen LogP contribution in [0.2, 0.25) is 5.02 Å². The van der Waals surface area contributed by atoms with Crippen molar-refractivity contribution >= 4 is 46.4 Å². The highest BCUT2D eigenvalue weighted by Gasteiger charge is 2.30. The molecule has 1 atom stereocenters. The molecule has 140 valence electrons. The summed E-state index contributed by atoms with van der Waals surface area (Å²) in [6.07, 6.45) is 0.141. The van der Waals surface area contributed by atoms with E-state index in [1.807, 2.05) is 0 Å². The average molecular weight is 388 g/mol. The van der Waals surface area contributed by atoms with E-state index in [1.165, 1.54) is 23.1 Å². The van der Waals surface area contributed by atoms with Gasteiger partial charge in [0.05, 0.1) is 27.6 Å². The maximum absolute atomic E-state index is 12.8. The minimum absolute atomic E-state index is 0.141. The van der Waals surface area contributed by atoms with E-state index in [4.69, 9.17) is 22.1 Å². The van der Waals surface area contributed by atoms with Gasteiger partial charge in [0.15, 0.2) is 6.61 Å². The van der Waals surface area contributed by atoms with Crippen molar-refractivity contribution in [2.75, 3.05) is 22.6 Å². The summed E-state index contributed by atoms with van der Waals surface area (Å²) in [5.41, 5.74) is 7.23. The first-order valence-corrected chi connectivity index (χ1v) is 8.67. The monoisotopic (exact) mass is 387 g/mol. The molecule has 2 aromatic carbocycles. The number of halogens is 1. The van der Waals surface area contributed by atoms with Crippen LogP contribution < -0.4 is 16.0 Å². The van der Waals surface area contributed by atoms with Crippen LogP contribution in [0, 0.1) is 0 Å². The second kappa shape index (κ2) is 7.67. The molecule has 0 saturated carbocycles. The van der Waals surface area contributed by atoms with E-state index in [2.05, 4.69) is 5.32 Å². The molecule has 2 aromatic rings. The zero-order chi connectivity index (χ0) is 19.6. The van der Waals surface area contributed by atoms with Crippen molar-refractivity contribution in [3.05, 3.63) is 53.1 Å². The van der Waals surface area contributed by atoms with E-state index in [9.17, 15) is 14.4 Å². The molecule has 1 aliphatic heterocycles. The summed E-state index contributed by atoms with van der Waals surface area (Å²) in [6, 6.07) is 10.9. The van der Waals surface area contributed by atoms with Gasteiger partial charge in [0.2, 0.25) is 5.91 Å². The predicted octanol–water partition coefficient (Wildman–Crippen LogP) is 2.84. The van der Waals surface area contributed by atoms with E-state index in [1.54, 1.807) is 31.2 Å². The highest BCUT2D eigenvalue weighted by Crippen LogP contribution is 2.31. The highest BCUT2D eigenvalue weighted by molar-refractivity contribution is 6.33. The van der Waals surface area contributed by atoms with Crippen LogP contribution in [0.5, 0.6) is 0 Å². The van der Waals surface area contributed by atoms with Crippen LogP contribution in [0.15, 0.2) is 42.5 Å². The smallest absolute Gasteiger partial charge is 0.338 e. The van der Waals surface area contributed by atoms with Crippen molar-refractivity contribution in [2.45, 2.75) is 19.4 Å². The van der Waals surface area contributed by atoms with Crippen molar-refractivity contribution in [3.8, 4) is 0 Å². The van der Waals surface area contributed by atoms with Gasteiger partial charge in [-0.1, -0.05) is 23.7 Å². The van der Waals surface area contributed by atoms with Gasteiger partial charge >= 0.3 is 5.97 Å².